The maximum Gasteiger partial charge on any atom is 0.253 e. The first-order valence-electron chi connectivity index (χ1n) is 7.50. The molecular formula is C17H28N2O. The Kier molecular flexibility index (Phi) is 6.05. The van der Waals surface area contributed by atoms with E-state index in [-0.39, 0.29) is 5.91 Å². The Labute approximate surface area is 123 Å². The summed E-state index contributed by atoms with van der Waals surface area (Å²) in [5.41, 5.74) is 2.10. The molecular weight excluding hydrogens is 248 g/mol. The van der Waals surface area contributed by atoms with Crippen molar-refractivity contribution in [3.8, 4) is 0 Å². The van der Waals surface area contributed by atoms with Crippen LogP contribution in [0.1, 0.15) is 51.4 Å². The highest BCUT2D eigenvalue weighted by molar-refractivity contribution is 5.95. The molecule has 1 aromatic rings. The molecule has 0 saturated carbocycles. The number of benzene rings is 1. The molecule has 0 saturated heterocycles. The van der Waals surface area contributed by atoms with Crippen molar-refractivity contribution in [2.24, 2.45) is 5.41 Å². The lowest BCUT2D eigenvalue weighted by Crippen LogP contribution is -2.30. The third-order valence-corrected chi connectivity index (χ3v) is 3.36. The second-order valence-corrected chi connectivity index (χ2v) is 6.30. The highest BCUT2D eigenvalue weighted by atomic mass is 16.2. The van der Waals surface area contributed by atoms with Gasteiger partial charge in [-0.1, -0.05) is 26.8 Å². The van der Waals surface area contributed by atoms with Gasteiger partial charge in [0.05, 0.1) is 0 Å². The van der Waals surface area contributed by atoms with Crippen molar-refractivity contribution < 1.29 is 4.79 Å². The fourth-order valence-electron chi connectivity index (χ4n) is 2.04. The second-order valence-electron chi connectivity index (χ2n) is 6.30. The van der Waals surface area contributed by atoms with Gasteiger partial charge in [-0.2, -0.15) is 0 Å². The van der Waals surface area contributed by atoms with Gasteiger partial charge in [-0.15, -0.1) is 0 Å². The Balaban J connectivity index is 2.68. The lowest BCUT2D eigenvalue weighted by Gasteiger charge is -2.20. The first kappa shape index (κ1) is 16.5. The predicted octanol–water partition coefficient (Wildman–Crippen LogP) is 4.02. The van der Waals surface area contributed by atoms with Crippen molar-refractivity contribution in [1.29, 1.82) is 0 Å². The van der Waals surface area contributed by atoms with E-state index < -0.39 is 0 Å². The molecule has 3 heteroatoms. The van der Waals surface area contributed by atoms with Gasteiger partial charge in [0.25, 0.3) is 5.91 Å². The van der Waals surface area contributed by atoms with Gasteiger partial charge in [-0.25, -0.2) is 0 Å². The smallest absolute Gasteiger partial charge is 0.253 e. The zero-order chi connectivity index (χ0) is 15.2. The van der Waals surface area contributed by atoms with Crippen molar-refractivity contribution in [1.82, 2.24) is 4.90 Å². The van der Waals surface area contributed by atoms with Crippen molar-refractivity contribution >= 4 is 11.6 Å². The number of hydrogen-bond acceptors (Lipinski definition) is 2. The van der Waals surface area contributed by atoms with Crippen molar-refractivity contribution in [3.05, 3.63) is 29.8 Å². The van der Waals surface area contributed by atoms with E-state index >= 15 is 0 Å². The number of amides is 1. The number of anilines is 1. The summed E-state index contributed by atoms with van der Waals surface area (Å²) >= 11 is 0. The minimum Gasteiger partial charge on any atom is -0.385 e. The molecule has 3 nitrogen and oxygen atoms in total. The predicted molar refractivity (Wildman–Crippen MR) is 86.3 cm³/mol. The Bertz CT molecular complexity index is 431. The topological polar surface area (TPSA) is 32.3 Å². The molecule has 0 aliphatic heterocycles. The number of nitrogens with zero attached hydrogens (tertiary/aromatic N) is 1. The Morgan fingerprint density at radius 1 is 1.20 bits per heavy atom. The molecule has 0 fully saturated rings. The average Bonchev–Trinajstić information content (AvgIpc) is 2.39. The van der Waals surface area contributed by atoms with Crippen LogP contribution < -0.4 is 5.32 Å². The lowest BCUT2D eigenvalue weighted by atomic mass is 9.92. The van der Waals surface area contributed by atoms with E-state index in [1.807, 2.05) is 43.0 Å². The number of hydrogen-bond donors (Lipinski definition) is 1. The van der Waals surface area contributed by atoms with Crippen LogP contribution in [0.15, 0.2) is 24.3 Å². The number of rotatable bonds is 6. The van der Waals surface area contributed by atoms with Gasteiger partial charge >= 0.3 is 0 Å². The summed E-state index contributed by atoms with van der Waals surface area (Å²) in [7, 11) is 0. The number of nitrogens with one attached hydrogen (secondary N) is 1. The van der Waals surface area contributed by atoms with Crippen LogP contribution in [0.4, 0.5) is 5.69 Å². The van der Waals surface area contributed by atoms with Crippen LogP contribution >= 0.6 is 0 Å². The van der Waals surface area contributed by atoms with E-state index in [0.717, 1.165) is 37.3 Å². The second kappa shape index (κ2) is 7.32. The molecule has 0 spiro atoms. The normalized spacial score (nSPS) is 11.2. The highest BCUT2D eigenvalue weighted by Gasteiger charge is 2.13. The van der Waals surface area contributed by atoms with E-state index in [1.165, 1.54) is 0 Å². The van der Waals surface area contributed by atoms with Crippen LogP contribution in [0.2, 0.25) is 0 Å². The highest BCUT2D eigenvalue weighted by Crippen LogP contribution is 2.19. The summed E-state index contributed by atoms with van der Waals surface area (Å²) in [5, 5.41) is 3.40. The molecule has 1 amide bonds. The molecule has 0 atom stereocenters. The zero-order valence-electron chi connectivity index (χ0n) is 13.5. The van der Waals surface area contributed by atoms with E-state index in [2.05, 4.69) is 26.1 Å². The first-order chi connectivity index (χ1) is 9.37. The van der Waals surface area contributed by atoms with Crippen molar-refractivity contribution in [2.45, 2.75) is 41.0 Å². The Morgan fingerprint density at radius 3 is 2.40 bits per heavy atom. The van der Waals surface area contributed by atoms with Crippen LogP contribution in [-0.2, 0) is 0 Å². The summed E-state index contributed by atoms with van der Waals surface area (Å²) in [4.78, 5) is 14.1. The van der Waals surface area contributed by atoms with Crippen LogP contribution in [0.5, 0.6) is 0 Å². The monoisotopic (exact) mass is 276 g/mol. The fourth-order valence-corrected chi connectivity index (χ4v) is 2.04. The third-order valence-electron chi connectivity index (χ3n) is 3.36. The molecule has 0 aliphatic carbocycles. The third kappa shape index (κ3) is 5.24. The van der Waals surface area contributed by atoms with E-state index in [1.54, 1.807) is 0 Å². The molecule has 0 aromatic heterocycles. The van der Waals surface area contributed by atoms with Crippen LogP contribution in [-0.4, -0.2) is 30.4 Å². The SMILES string of the molecule is CCN(CC)C(=O)c1cccc(NCCC(C)(C)C)c1. The van der Waals surface area contributed by atoms with Gasteiger partial charge in [0, 0.05) is 30.9 Å². The summed E-state index contributed by atoms with van der Waals surface area (Å²) in [5.74, 6) is 0.106. The van der Waals surface area contributed by atoms with Crippen LogP contribution in [0.3, 0.4) is 0 Å². The Morgan fingerprint density at radius 2 is 1.85 bits per heavy atom. The maximum absolute atomic E-state index is 12.3. The minimum absolute atomic E-state index is 0.106. The molecule has 0 heterocycles. The van der Waals surface area contributed by atoms with Gasteiger partial charge in [-0.3, -0.25) is 4.79 Å². The largest absolute Gasteiger partial charge is 0.385 e. The lowest BCUT2D eigenvalue weighted by molar-refractivity contribution is 0.0773. The number of carbonyl (C=O) groups is 1. The van der Waals surface area contributed by atoms with Gasteiger partial charge in [0.1, 0.15) is 0 Å². The minimum atomic E-state index is 0.106. The molecule has 1 N–H and O–H groups in total. The molecule has 1 aromatic carbocycles. The molecule has 0 bridgehead atoms. The van der Waals surface area contributed by atoms with Gasteiger partial charge < -0.3 is 10.2 Å². The van der Waals surface area contributed by atoms with E-state index in [0.29, 0.717) is 5.41 Å². The first-order valence-corrected chi connectivity index (χ1v) is 7.50. The van der Waals surface area contributed by atoms with Crippen molar-refractivity contribution in [2.75, 3.05) is 25.0 Å². The van der Waals surface area contributed by atoms with E-state index in [9.17, 15) is 4.79 Å². The fraction of sp³-hybridized carbons (Fsp3) is 0.588. The van der Waals surface area contributed by atoms with Crippen LogP contribution in [0, 0.1) is 5.41 Å². The number of carbonyl (C=O) groups excluding carboxylic acids is 1. The van der Waals surface area contributed by atoms with Gasteiger partial charge in [0.2, 0.25) is 0 Å². The van der Waals surface area contributed by atoms with Gasteiger partial charge in [0.15, 0.2) is 0 Å². The molecule has 112 valence electrons. The quantitative estimate of drug-likeness (QED) is 0.851. The summed E-state index contributed by atoms with van der Waals surface area (Å²) < 4.78 is 0. The molecule has 0 aliphatic rings. The average molecular weight is 276 g/mol. The molecule has 1 rings (SSSR count). The van der Waals surface area contributed by atoms with Crippen molar-refractivity contribution in [3.63, 3.8) is 0 Å². The molecule has 0 radical (unpaired) electrons. The van der Waals surface area contributed by atoms with Crippen LogP contribution in [0.25, 0.3) is 0 Å². The molecule has 20 heavy (non-hydrogen) atoms. The Hall–Kier alpha value is -1.51. The summed E-state index contributed by atoms with van der Waals surface area (Å²) in [6.45, 7) is 13.1. The summed E-state index contributed by atoms with van der Waals surface area (Å²) in [6.07, 6.45) is 1.10. The summed E-state index contributed by atoms with van der Waals surface area (Å²) in [6, 6.07) is 7.79. The zero-order valence-corrected chi connectivity index (χ0v) is 13.5. The molecule has 0 unspecified atom stereocenters. The van der Waals surface area contributed by atoms with Gasteiger partial charge in [-0.05, 0) is 43.9 Å². The van der Waals surface area contributed by atoms with E-state index in [4.69, 9.17) is 0 Å². The standard InChI is InChI=1S/C17H28N2O/c1-6-19(7-2)16(20)14-9-8-10-15(13-14)18-12-11-17(3,4)5/h8-10,13,18H,6-7,11-12H2,1-5H3. The maximum atomic E-state index is 12.3.